The molecule has 0 spiro atoms. The average Bonchev–Trinajstić information content (AvgIpc) is 3.61. The first-order valence-electron chi connectivity index (χ1n) is 10.2. The molecule has 3 fully saturated rings. The Morgan fingerprint density at radius 3 is 2.79 bits per heavy atom. The van der Waals surface area contributed by atoms with Gasteiger partial charge in [-0.05, 0) is 55.7 Å². The molecule has 3 N–H and O–H groups in total. The average molecular weight is 406 g/mol. The number of benzene rings is 1. The number of hydrazine groups is 1. The van der Waals surface area contributed by atoms with E-state index in [1.165, 1.54) is 23.8 Å². The number of rotatable bonds is 12. The van der Waals surface area contributed by atoms with Gasteiger partial charge in [-0.25, -0.2) is 14.6 Å². The van der Waals surface area contributed by atoms with Crippen molar-refractivity contribution >= 4 is 11.9 Å². The Labute approximate surface area is 169 Å². The lowest BCUT2D eigenvalue weighted by molar-refractivity contribution is -0.118. The molecule has 3 aliphatic rings. The van der Waals surface area contributed by atoms with Crippen LogP contribution < -0.4 is 20.9 Å². The van der Waals surface area contributed by atoms with E-state index in [4.69, 9.17) is 9.47 Å². The molecule has 0 radical (unpaired) electrons. The van der Waals surface area contributed by atoms with Crippen molar-refractivity contribution in [1.29, 1.82) is 0 Å². The number of ether oxygens (including phenoxy) is 2. The summed E-state index contributed by atoms with van der Waals surface area (Å²) in [5.74, 6) is 0.292. The maximum atomic E-state index is 14.0. The fourth-order valence-electron chi connectivity index (χ4n) is 3.27. The Balaban J connectivity index is 1.16. The van der Waals surface area contributed by atoms with Crippen LogP contribution in [0.25, 0.3) is 0 Å². The molecule has 0 atom stereocenters. The van der Waals surface area contributed by atoms with Crippen LogP contribution in [0.2, 0.25) is 0 Å². The second-order valence-electron chi connectivity index (χ2n) is 7.98. The van der Waals surface area contributed by atoms with Crippen LogP contribution in [0.15, 0.2) is 18.2 Å². The number of nitrogens with zero attached hydrogens (tertiary/aromatic N) is 1. The molecule has 0 aromatic heterocycles. The summed E-state index contributed by atoms with van der Waals surface area (Å²) in [6.45, 7) is 1.89. The number of carbonyl (C=O) groups is 2. The predicted molar refractivity (Wildman–Crippen MR) is 102 cm³/mol. The van der Waals surface area contributed by atoms with Gasteiger partial charge in [-0.2, -0.15) is 0 Å². The van der Waals surface area contributed by atoms with Gasteiger partial charge in [0.1, 0.15) is 13.3 Å². The Kier molecular flexibility index (Phi) is 5.98. The van der Waals surface area contributed by atoms with E-state index in [0.29, 0.717) is 31.4 Å². The van der Waals surface area contributed by atoms with Crippen molar-refractivity contribution in [2.75, 3.05) is 33.0 Å². The van der Waals surface area contributed by atoms with Crippen LogP contribution in [0.1, 0.15) is 37.7 Å². The van der Waals surface area contributed by atoms with Crippen LogP contribution in [-0.4, -0.2) is 49.9 Å². The topological polar surface area (TPSA) is 91.9 Å². The van der Waals surface area contributed by atoms with Gasteiger partial charge < -0.3 is 9.47 Å². The largest absolute Gasteiger partial charge is 0.490 e. The van der Waals surface area contributed by atoms with Gasteiger partial charge in [0.25, 0.3) is 0 Å². The van der Waals surface area contributed by atoms with E-state index in [-0.39, 0.29) is 30.5 Å². The third-order valence-electron chi connectivity index (χ3n) is 5.44. The molecule has 0 bridgehead atoms. The fraction of sp³-hybridized carbons (Fsp3) is 0.600. The van der Waals surface area contributed by atoms with E-state index in [0.717, 1.165) is 24.8 Å². The summed E-state index contributed by atoms with van der Waals surface area (Å²) in [6.07, 6.45) is 5.03. The zero-order valence-corrected chi connectivity index (χ0v) is 16.3. The lowest BCUT2D eigenvalue weighted by Gasteiger charge is -2.20. The van der Waals surface area contributed by atoms with Crippen molar-refractivity contribution in [2.24, 2.45) is 5.92 Å². The van der Waals surface area contributed by atoms with E-state index in [2.05, 4.69) is 16.2 Å². The molecule has 4 rings (SSSR count). The zero-order chi connectivity index (χ0) is 20.3. The minimum atomic E-state index is -0.412. The Bertz CT molecular complexity index is 767. The van der Waals surface area contributed by atoms with Gasteiger partial charge in [0.15, 0.2) is 11.6 Å². The minimum absolute atomic E-state index is 0.0468. The van der Waals surface area contributed by atoms with Crippen LogP contribution in [0.4, 0.5) is 9.18 Å². The van der Waals surface area contributed by atoms with Crippen LogP contribution in [-0.2, 0) is 15.1 Å². The summed E-state index contributed by atoms with van der Waals surface area (Å²) >= 11 is 0. The molecule has 1 aromatic rings. The molecule has 0 unspecified atom stereocenters. The number of carbonyl (C=O) groups excluding carboxylic acids is 2. The smallest absolute Gasteiger partial charge is 0.326 e. The molecular weight excluding hydrogens is 379 g/mol. The van der Waals surface area contributed by atoms with Crippen LogP contribution >= 0.6 is 0 Å². The molecule has 9 heteroatoms. The number of imide groups is 1. The zero-order valence-electron chi connectivity index (χ0n) is 16.3. The van der Waals surface area contributed by atoms with Crippen molar-refractivity contribution in [3.05, 3.63) is 29.6 Å². The van der Waals surface area contributed by atoms with Crippen molar-refractivity contribution in [3.8, 4) is 5.75 Å². The third kappa shape index (κ3) is 5.23. The number of hydrogen-bond acceptors (Lipinski definition) is 6. The highest BCUT2D eigenvalue weighted by atomic mass is 19.1. The highest BCUT2D eigenvalue weighted by Crippen LogP contribution is 2.46. The summed E-state index contributed by atoms with van der Waals surface area (Å²) in [5, 5.41) is 2.20. The second kappa shape index (κ2) is 8.64. The first kappa shape index (κ1) is 20.1. The lowest BCUT2D eigenvalue weighted by atomic mass is 10.1. The predicted octanol–water partition coefficient (Wildman–Crippen LogP) is 1.61. The summed E-state index contributed by atoms with van der Waals surface area (Å²) in [6, 6.07) is 4.69. The van der Waals surface area contributed by atoms with Gasteiger partial charge in [0.2, 0.25) is 5.91 Å². The molecule has 29 heavy (non-hydrogen) atoms. The molecule has 3 amide bonds. The molecule has 1 aromatic carbocycles. The van der Waals surface area contributed by atoms with Gasteiger partial charge in [0.05, 0.1) is 18.8 Å². The molecule has 1 aliphatic heterocycles. The fourth-order valence-corrected chi connectivity index (χ4v) is 3.27. The molecule has 1 saturated heterocycles. The van der Waals surface area contributed by atoms with Gasteiger partial charge in [0, 0.05) is 6.54 Å². The number of nitrogens with one attached hydrogen (secondary N) is 3. The number of amides is 3. The standard InChI is InChI=1S/C20H27FN4O4/c21-16-5-4-15(10-17(16)29-12-14-2-3-14)20(6-7-20)24-22-8-1-9-28-13-25-11-18(26)23-19(25)27/h4-5,10,14,22,24H,1-3,6-9,11-13H2,(H,23,26,27). The Hall–Kier alpha value is -2.23. The van der Waals surface area contributed by atoms with E-state index in [1.807, 2.05) is 12.1 Å². The maximum absolute atomic E-state index is 14.0. The highest BCUT2D eigenvalue weighted by molar-refractivity contribution is 6.01. The lowest BCUT2D eigenvalue weighted by Crippen LogP contribution is -2.41. The Morgan fingerprint density at radius 2 is 2.10 bits per heavy atom. The van der Waals surface area contributed by atoms with Crippen molar-refractivity contribution < 1.29 is 23.5 Å². The van der Waals surface area contributed by atoms with Gasteiger partial charge >= 0.3 is 6.03 Å². The van der Waals surface area contributed by atoms with Crippen LogP contribution in [0, 0.1) is 11.7 Å². The van der Waals surface area contributed by atoms with E-state index in [1.54, 1.807) is 0 Å². The number of halogens is 1. The van der Waals surface area contributed by atoms with E-state index in [9.17, 15) is 14.0 Å². The highest BCUT2D eigenvalue weighted by Gasteiger charge is 2.44. The SMILES string of the molecule is O=C1CN(COCCCNNC2(c3ccc(F)c(OCC4CC4)c3)CC2)C(=O)N1. The van der Waals surface area contributed by atoms with E-state index >= 15 is 0 Å². The van der Waals surface area contributed by atoms with Gasteiger partial charge in [-0.1, -0.05) is 6.07 Å². The number of urea groups is 1. The first-order chi connectivity index (χ1) is 14.1. The Morgan fingerprint density at radius 1 is 1.28 bits per heavy atom. The molecule has 158 valence electrons. The summed E-state index contributed by atoms with van der Waals surface area (Å²) in [7, 11) is 0. The van der Waals surface area contributed by atoms with Crippen LogP contribution in [0.3, 0.4) is 0 Å². The summed E-state index contributed by atoms with van der Waals surface area (Å²) in [4.78, 5) is 23.8. The van der Waals surface area contributed by atoms with Gasteiger partial charge in [-0.3, -0.25) is 20.4 Å². The number of hydrogen-bond donors (Lipinski definition) is 3. The van der Waals surface area contributed by atoms with Gasteiger partial charge in [-0.15, -0.1) is 0 Å². The molecule has 8 nitrogen and oxygen atoms in total. The monoisotopic (exact) mass is 406 g/mol. The summed E-state index contributed by atoms with van der Waals surface area (Å²) in [5.41, 5.74) is 7.41. The summed E-state index contributed by atoms with van der Waals surface area (Å²) < 4.78 is 25.1. The molecular formula is C20H27FN4O4. The first-order valence-corrected chi connectivity index (χ1v) is 10.2. The normalized spacial score (nSPS) is 20.1. The third-order valence-corrected chi connectivity index (χ3v) is 5.44. The molecule has 2 aliphatic carbocycles. The molecule has 1 heterocycles. The van der Waals surface area contributed by atoms with Crippen LogP contribution in [0.5, 0.6) is 5.75 Å². The van der Waals surface area contributed by atoms with Crippen molar-refractivity contribution in [3.63, 3.8) is 0 Å². The molecule has 2 saturated carbocycles. The van der Waals surface area contributed by atoms with Crippen molar-refractivity contribution in [2.45, 2.75) is 37.6 Å². The van der Waals surface area contributed by atoms with Crippen molar-refractivity contribution in [1.82, 2.24) is 21.1 Å². The maximum Gasteiger partial charge on any atom is 0.326 e. The second-order valence-corrected chi connectivity index (χ2v) is 7.98. The van der Waals surface area contributed by atoms with E-state index < -0.39 is 6.03 Å². The quantitative estimate of drug-likeness (QED) is 0.278. The minimum Gasteiger partial charge on any atom is -0.490 e.